The van der Waals surface area contributed by atoms with E-state index in [1.165, 1.54) is 38.9 Å². The maximum atomic E-state index is 5.18. The summed E-state index contributed by atoms with van der Waals surface area (Å²) in [7, 11) is 0. The fourth-order valence-corrected chi connectivity index (χ4v) is 7.02. The van der Waals surface area contributed by atoms with Crippen LogP contribution in [0.4, 0.5) is 5.82 Å². The van der Waals surface area contributed by atoms with Crippen LogP contribution in [0.15, 0.2) is 170 Å². The van der Waals surface area contributed by atoms with Gasteiger partial charge < -0.3 is 4.90 Å². The van der Waals surface area contributed by atoms with Crippen LogP contribution in [-0.2, 0) is 0 Å². The van der Waals surface area contributed by atoms with Gasteiger partial charge in [0.15, 0.2) is 0 Å². The van der Waals surface area contributed by atoms with Crippen LogP contribution < -0.4 is 4.90 Å². The summed E-state index contributed by atoms with van der Waals surface area (Å²) in [4.78, 5) is 7.72. The molecule has 4 aromatic carbocycles. The Morgan fingerprint density at radius 2 is 0.884 bits per heavy atom. The van der Waals surface area contributed by atoms with Crippen LogP contribution >= 0.6 is 0 Å². The second kappa shape index (κ2) is 10.9. The number of hydrogen-bond acceptors (Lipinski definition) is 2. The Labute approximate surface area is 253 Å². The molecule has 2 nitrogen and oxygen atoms in total. The predicted octanol–water partition coefficient (Wildman–Crippen LogP) is 9.76. The van der Waals surface area contributed by atoms with Gasteiger partial charge in [0.2, 0.25) is 0 Å². The number of benzene rings is 4. The van der Waals surface area contributed by atoms with Crippen molar-refractivity contribution in [3.8, 4) is 33.4 Å². The van der Waals surface area contributed by atoms with Crippen molar-refractivity contribution in [2.75, 3.05) is 4.90 Å². The lowest BCUT2D eigenvalue weighted by Gasteiger charge is -2.40. The molecule has 8 rings (SSSR count). The maximum Gasteiger partial charge on any atom is 0.129 e. The van der Waals surface area contributed by atoms with Gasteiger partial charge in [0, 0.05) is 23.6 Å². The molecule has 0 saturated heterocycles. The lowest BCUT2D eigenvalue weighted by molar-refractivity contribution is 0.567. The molecular weight excluding hydrogens is 520 g/mol. The summed E-state index contributed by atoms with van der Waals surface area (Å²) in [6.45, 7) is 0. The third-order valence-corrected chi connectivity index (χ3v) is 9.06. The van der Waals surface area contributed by atoms with E-state index in [1.807, 2.05) is 0 Å². The van der Waals surface area contributed by atoms with Gasteiger partial charge in [-0.15, -0.1) is 0 Å². The molecule has 0 fully saturated rings. The normalized spacial score (nSPS) is 21.5. The molecule has 43 heavy (non-hydrogen) atoms. The molecule has 2 heterocycles. The minimum absolute atomic E-state index is 0.182. The molecule has 2 aliphatic carbocycles. The Kier molecular flexibility index (Phi) is 6.46. The standard InChI is InChI=1S/C41H32N2/c1-3-13-29(14-4-1)32-25-33(30-15-5-2-6-16-30)27-34(26-32)31-23-24-41(42-28-31)43-39-21-11-9-19-37(39)35-17-7-8-18-36(35)38-20-10-12-22-40(38)43/h1-28,37-40H. The first kappa shape index (κ1) is 25.5. The van der Waals surface area contributed by atoms with Crippen molar-refractivity contribution in [3.63, 3.8) is 0 Å². The number of allylic oxidation sites excluding steroid dienone is 4. The highest BCUT2D eigenvalue weighted by atomic mass is 15.2. The molecule has 0 amide bonds. The van der Waals surface area contributed by atoms with E-state index in [0.29, 0.717) is 0 Å². The van der Waals surface area contributed by atoms with E-state index >= 15 is 0 Å². The van der Waals surface area contributed by atoms with E-state index in [1.54, 1.807) is 0 Å². The van der Waals surface area contributed by atoms with Crippen LogP contribution in [0.2, 0.25) is 0 Å². The molecule has 3 aliphatic rings. The van der Waals surface area contributed by atoms with Crippen LogP contribution in [0, 0.1) is 0 Å². The fraction of sp³-hybridized carbons (Fsp3) is 0.0976. The lowest BCUT2D eigenvalue weighted by atomic mass is 9.82. The zero-order valence-electron chi connectivity index (χ0n) is 23.9. The highest BCUT2D eigenvalue weighted by Gasteiger charge is 2.40. The molecule has 0 saturated carbocycles. The minimum Gasteiger partial charge on any atom is -0.342 e. The summed E-state index contributed by atoms with van der Waals surface area (Å²) in [5, 5.41) is 0. The molecule has 0 spiro atoms. The summed E-state index contributed by atoms with van der Waals surface area (Å²) >= 11 is 0. The maximum absolute atomic E-state index is 5.18. The zero-order chi connectivity index (χ0) is 28.6. The summed E-state index contributed by atoms with van der Waals surface area (Å²) in [5.41, 5.74) is 9.93. The van der Waals surface area contributed by atoms with Crippen LogP contribution in [0.25, 0.3) is 33.4 Å². The van der Waals surface area contributed by atoms with Crippen LogP contribution in [0.5, 0.6) is 0 Å². The Balaban J connectivity index is 1.22. The topological polar surface area (TPSA) is 16.1 Å². The summed E-state index contributed by atoms with van der Waals surface area (Å²) < 4.78 is 0. The predicted molar refractivity (Wildman–Crippen MR) is 179 cm³/mol. The second-order valence-electron chi connectivity index (χ2n) is 11.5. The van der Waals surface area contributed by atoms with Crippen molar-refractivity contribution in [1.82, 2.24) is 4.98 Å². The SMILES string of the molecule is C1=CC2c3ccccc3C3C=CC=CC3N(c3ccc(-c4cc(-c5ccccc5)cc(-c5ccccc5)c4)cn3)C2C=C1. The van der Waals surface area contributed by atoms with E-state index in [4.69, 9.17) is 4.98 Å². The van der Waals surface area contributed by atoms with Crippen molar-refractivity contribution in [3.05, 3.63) is 181 Å². The van der Waals surface area contributed by atoms with Crippen molar-refractivity contribution in [2.45, 2.75) is 23.9 Å². The first-order valence-corrected chi connectivity index (χ1v) is 15.1. The van der Waals surface area contributed by atoms with Crippen molar-refractivity contribution in [2.24, 2.45) is 0 Å². The monoisotopic (exact) mass is 552 g/mol. The summed E-state index contributed by atoms with van der Waals surface area (Å²) in [6, 6.07) is 41.9. The first-order chi connectivity index (χ1) is 21.3. The van der Waals surface area contributed by atoms with Gasteiger partial charge in [0.05, 0.1) is 12.1 Å². The largest absolute Gasteiger partial charge is 0.342 e. The smallest absolute Gasteiger partial charge is 0.129 e. The van der Waals surface area contributed by atoms with Crippen molar-refractivity contribution >= 4 is 5.82 Å². The Bertz CT molecular complexity index is 1770. The number of aromatic nitrogens is 1. The molecule has 0 N–H and O–H groups in total. The molecule has 4 atom stereocenters. The fourth-order valence-electron chi connectivity index (χ4n) is 7.02. The van der Waals surface area contributed by atoms with Crippen molar-refractivity contribution < 1.29 is 0 Å². The Morgan fingerprint density at radius 1 is 0.419 bits per heavy atom. The Morgan fingerprint density at radius 3 is 1.37 bits per heavy atom. The van der Waals surface area contributed by atoms with E-state index in [9.17, 15) is 0 Å². The van der Waals surface area contributed by atoms with E-state index in [2.05, 4.69) is 175 Å². The van der Waals surface area contributed by atoms with E-state index in [0.717, 1.165) is 11.4 Å². The van der Waals surface area contributed by atoms with Crippen LogP contribution in [0.3, 0.4) is 0 Å². The summed E-state index contributed by atoms with van der Waals surface area (Å²) in [6.07, 6.45) is 20.2. The zero-order valence-corrected chi connectivity index (χ0v) is 23.9. The van der Waals surface area contributed by atoms with Gasteiger partial charge in [0.1, 0.15) is 5.82 Å². The third kappa shape index (κ3) is 4.66. The van der Waals surface area contributed by atoms with E-state index in [-0.39, 0.29) is 23.9 Å². The number of pyridine rings is 1. The lowest BCUT2D eigenvalue weighted by Crippen LogP contribution is -2.46. The van der Waals surface area contributed by atoms with Gasteiger partial charge in [-0.3, -0.25) is 0 Å². The van der Waals surface area contributed by atoms with Gasteiger partial charge >= 0.3 is 0 Å². The third-order valence-electron chi connectivity index (χ3n) is 9.06. The second-order valence-corrected chi connectivity index (χ2v) is 11.5. The molecule has 206 valence electrons. The average molecular weight is 553 g/mol. The van der Waals surface area contributed by atoms with Gasteiger partial charge in [0.25, 0.3) is 0 Å². The number of hydrogen-bond donors (Lipinski definition) is 0. The average Bonchev–Trinajstić information content (AvgIpc) is 3.22. The first-order valence-electron chi connectivity index (χ1n) is 15.1. The number of fused-ring (bicyclic) bond motifs is 5. The molecule has 0 radical (unpaired) electrons. The molecule has 4 unspecified atom stereocenters. The molecule has 1 aromatic heterocycles. The van der Waals surface area contributed by atoms with Crippen LogP contribution in [-0.4, -0.2) is 17.1 Å². The quantitative estimate of drug-likeness (QED) is 0.221. The number of rotatable bonds is 4. The van der Waals surface area contributed by atoms with Gasteiger partial charge in [-0.1, -0.05) is 134 Å². The van der Waals surface area contributed by atoms with E-state index < -0.39 is 0 Å². The highest BCUT2D eigenvalue weighted by Crippen LogP contribution is 2.45. The van der Waals surface area contributed by atoms with Gasteiger partial charge in [-0.2, -0.15) is 0 Å². The van der Waals surface area contributed by atoms with Crippen LogP contribution in [0.1, 0.15) is 23.0 Å². The minimum atomic E-state index is 0.182. The molecular formula is C41H32N2. The molecule has 5 aromatic rings. The van der Waals surface area contributed by atoms with Crippen molar-refractivity contribution in [1.29, 1.82) is 0 Å². The Hall–Kier alpha value is -5.21. The molecule has 1 aliphatic heterocycles. The number of anilines is 1. The molecule has 2 heteroatoms. The number of nitrogens with zero attached hydrogens (tertiary/aromatic N) is 2. The van der Waals surface area contributed by atoms with Gasteiger partial charge in [-0.05, 0) is 69.3 Å². The summed E-state index contributed by atoms with van der Waals surface area (Å²) in [5.74, 6) is 1.54. The van der Waals surface area contributed by atoms with Gasteiger partial charge in [-0.25, -0.2) is 4.98 Å². The molecule has 0 bridgehead atoms. The highest BCUT2D eigenvalue weighted by molar-refractivity contribution is 5.81.